The van der Waals surface area contributed by atoms with E-state index in [2.05, 4.69) is 4.74 Å². The van der Waals surface area contributed by atoms with E-state index in [1.54, 1.807) is 6.08 Å². The number of rotatable bonds is 6. The van der Waals surface area contributed by atoms with E-state index in [0.29, 0.717) is 19.3 Å². The molecule has 0 aromatic rings. The van der Waals surface area contributed by atoms with Gasteiger partial charge in [0, 0.05) is 6.42 Å². The molecule has 0 bridgehead atoms. The second-order valence-corrected chi connectivity index (χ2v) is 4.16. The Balaban J connectivity index is 2.24. The number of hydrogen-bond donors (Lipinski definition) is 0. The molecule has 0 N–H and O–H groups in total. The van der Waals surface area contributed by atoms with Crippen molar-refractivity contribution in [2.24, 2.45) is 5.92 Å². The number of unbranched alkanes of at least 4 members (excludes halogenated alkanes) is 1. The van der Waals surface area contributed by atoms with Crippen LogP contribution in [-0.2, 0) is 23.9 Å². The summed E-state index contributed by atoms with van der Waals surface area (Å²) in [5.74, 6) is -2.47. The maximum Gasteiger partial charge on any atom is 0.305 e. The molecule has 0 aromatic heterocycles. The molecule has 0 saturated heterocycles. The zero-order valence-electron chi connectivity index (χ0n) is 10.3. The van der Waals surface area contributed by atoms with Crippen LogP contribution in [0.25, 0.3) is 0 Å². The third-order valence-electron chi connectivity index (χ3n) is 2.83. The van der Waals surface area contributed by atoms with Crippen LogP contribution in [0.5, 0.6) is 0 Å². The predicted molar refractivity (Wildman–Crippen MR) is 62.8 cm³/mol. The van der Waals surface area contributed by atoms with E-state index in [9.17, 15) is 19.2 Å². The van der Waals surface area contributed by atoms with Crippen LogP contribution in [-0.4, -0.2) is 30.4 Å². The second-order valence-electron chi connectivity index (χ2n) is 4.16. The first-order valence-corrected chi connectivity index (χ1v) is 5.87. The molecule has 1 unspecified atom stereocenters. The first-order valence-electron chi connectivity index (χ1n) is 5.87. The van der Waals surface area contributed by atoms with Crippen LogP contribution in [0.1, 0.15) is 32.1 Å². The Hall–Kier alpha value is -1.78. The van der Waals surface area contributed by atoms with Gasteiger partial charge in [0.25, 0.3) is 0 Å². The summed E-state index contributed by atoms with van der Waals surface area (Å²) >= 11 is 0. The lowest BCUT2D eigenvalue weighted by atomic mass is 10.0. The number of ketones is 3. The number of carbonyl (C=O) groups excluding carboxylic acids is 4. The van der Waals surface area contributed by atoms with Gasteiger partial charge in [-0.15, -0.1) is 0 Å². The summed E-state index contributed by atoms with van der Waals surface area (Å²) in [7, 11) is 1.34. The lowest BCUT2D eigenvalue weighted by Crippen LogP contribution is -2.15. The zero-order chi connectivity index (χ0) is 13.5. The Labute approximate surface area is 105 Å². The van der Waals surface area contributed by atoms with Crippen LogP contribution in [0.15, 0.2) is 12.2 Å². The standard InChI is InChI=1S/C13H16O5/c1-18-12(16)7-5-3-2-4-6-9-10(14)8-11(15)13(9)17/h2,4,9H,3,5-8H2,1H3/b4-2+. The molecule has 1 rings (SSSR count). The Bertz CT molecular complexity index is 394. The lowest BCUT2D eigenvalue weighted by molar-refractivity contribution is -0.140. The summed E-state index contributed by atoms with van der Waals surface area (Å²) < 4.78 is 4.49. The van der Waals surface area contributed by atoms with Gasteiger partial charge in [0.2, 0.25) is 11.6 Å². The molecule has 0 heterocycles. The van der Waals surface area contributed by atoms with Crippen molar-refractivity contribution in [3.8, 4) is 0 Å². The third kappa shape index (κ3) is 3.91. The molecule has 18 heavy (non-hydrogen) atoms. The van der Waals surface area contributed by atoms with Gasteiger partial charge in [0.1, 0.15) is 0 Å². The summed E-state index contributed by atoms with van der Waals surface area (Å²) in [6.45, 7) is 0. The maximum absolute atomic E-state index is 11.3. The van der Waals surface area contributed by atoms with E-state index in [0.717, 1.165) is 0 Å². The number of ether oxygens (including phenoxy) is 1. The fourth-order valence-electron chi connectivity index (χ4n) is 1.76. The highest BCUT2D eigenvalue weighted by Gasteiger charge is 2.38. The normalized spacial score (nSPS) is 19.8. The quantitative estimate of drug-likeness (QED) is 0.232. The van der Waals surface area contributed by atoms with Gasteiger partial charge in [-0.3, -0.25) is 19.2 Å². The van der Waals surface area contributed by atoms with E-state index < -0.39 is 17.5 Å². The Morgan fingerprint density at radius 3 is 2.61 bits per heavy atom. The van der Waals surface area contributed by atoms with E-state index in [4.69, 9.17) is 0 Å². The van der Waals surface area contributed by atoms with Crippen molar-refractivity contribution >= 4 is 23.3 Å². The number of allylic oxidation sites excluding steroid dienone is 2. The highest BCUT2D eigenvalue weighted by molar-refractivity contribution is 6.49. The minimum Gasteiger partial charge on any atom is -0.469 e. The molecule has 1 atom stereocenters. The Kier molecular flexibility index (Phi) is 5.42. The second kappa shape index (κ2) is 6.83. The topological polar surface area (TPSA) is 77.5 Å². The number of carbonyl (C=O) groups is 4. The van der Waals surface area contributed by atoms with Crippen molar-refractivity contribution in [3.05, 3.63) is 12.2 Å². The number of methoxy groups -OCH3 is 1. The van der Waals surface area contributed by atoms with Gasteiger partial charge < -0.3 is 4.74 Å². The van der Waals surface area contributed by atoms with Crippen molar-refractivity contribution in [1.29, 1.82) is 0 Å². The van der Waals surface area contributed by atoms with Crippen LogP contribution >= 0.6 is 0 Å². The van der Waals surface area contributed by atoms with Crippen LogP contribution in [0.4, 0.5) is 0 Å². The highest BCUT2D eigenvalue weighted by Crippen LogP contribution is 2.18. The van der Waals surface area contributed by atoms with Crippen molar-refractivity contribution in [3.63, 3.8) is 0 Å². The minimum atomic E-state index is -0.783. The fraction of sp³-hybridized carbons (Fsp3) is 0.538. The molecule has 98 valence electrons. The zero-order valence-corrected chi connectivity index (χ0v) is 10.3. The first kappa shape index (κ1) is 14.3. The summed E-state index contributed by atoms with van der Waals surface area (Å²) in [6.07, 6.45) is 5.25. The van der Waals surface area contributed by atoms with Crippen molar-refractivity contribution in [1.82, 2.24) is 0 Å². The SMILES string of the molecule is COC(=O)CCC/C=C/CC1C(=O)CC(=O)C1=O. The molecule has 0 amide bonds. The number of hydrogen-bond acceptors (Lipinski definition) is 5. The Morgan fingerprint density at radius 1 is 1.33 bits per heavy atom. The molecule has 0 spiro atoms. The number of Topliss-reactive ketones (excluding diaryl/α,β-unsaturated/α-hetero) is 3. The van der Waals surface area contributed by atoms with Gasteiger partial charge >= 0.3 is 5.97 Å². The van der Waals surface area contributed by atoms with Crippen molar-refractivity contribution in [2.45, 2.75) is 32.1 Å². The smallest absolute Gasteiger partial charge is 0.305 e. The van der Waals surface area contributed by atoms with E-state index in [1.165, 1.54) is 7.11 Å². The van der Waals surface area contributed by atoms with Gasteiger partial charge in [0.05, 0.1) is 19.4 Å². The Morgan fingerprint density at radius 2 is 2.06 bits per heavy atom. The molecule has 1 aliphatic rings. The van der Waals surface area contributed by atoms with E-state index >= 15 is 0 Å². The molecule has 1 aliphatic carbocycles. The van der Waals surface area contributed by atoms with Gasteiger partial charge in [-0.25, -0.2) is 0 Å². The highest BCUT2D eigenvalue weighted by atomic mass is 16.5. The summed E-state index contributed by atoms with van der Waals surface area (Å²) in [6, 6.07) is 0. The van der Waals surface area contributed by atoms with Crippen LogP contribution in [0, 0.1) is 5.92 Å². The average Bonchev–Trinajstić information content (AvgIpc) is 2.59. The molecule has 5 heteroatoms. The summed E-state index contributed by atoms with van der Waals surface area (Å²) in [4.78, 5) is 44.4. The van der Waals surface area contributed by atoms with Crippen molar-refractivity contribution < 1.29 is 23.9 Å². The third-order valence-corrected chi connectivity index (χ3v) is 2.83. The average molecular weight is 252 g/mol. The van der Waals surface area contributed by atoms with Gasteiger partial charge in [-0.1, -0.05) is 12.2 Å². The fourth-order valence-corrected chi connectivity index (χ4v) is 1.76. The van der Waals surface area contributed by atoms with Gasteiger partial charge in [-0.05, 0) is 19.3 Å². The molecule has 0 radical (unpaired) electrons. The van der Waals surface area contributed by atoms with E-state index in [-0.39, 0.29) is 24.6 Å². The molecule has 1 saturated carbocycles. The largest absolute Gasteiger partial charge is 0.469 e. The number of esters is 1. The van der Waals surface area contributed by atoms with Gasteiger partial charge in [0.15, 0.2) is 5.78 Å². The van der Waals surface area contributed by atoms with E-state index in [1.807, 2.05) is 6.08 Å². The minimum absolute atomic E-state index is 0.250. The van der Waals surface area contributed by atoms with Crippen LogP contribution in [0.2, 0.25) is 0 Å². The molecule has 0 aromatic carbocycles. The summed E-state index contributed by atoms with van der Waals surface area (Å²) in [5.41, 5.74) is 0. The predicted octanol–water partition coefficient (Wildman–Crippen LogP) is 1.00. The lowest BCUT2D eigenvalue weighted by Gasteiger charge is -2.00. The summed E-state index contributed by atoms with van der Waals surface area (Å²) in [5, 5.41) is 0. The van der Waals surface area contributed by atoms with Gasteiger partial charge in [-0.2, -0.15) is 0 Å². The van der Waals surface area contributed by atoms with Crippen molar-refractivity contribution in [2.75, 3.05) is 7.11 Å². The molecule has 0 aliphatic heterocycles. The molecular weight excluding hydrogens is 236 g/mol. The first-order chi connectivity index (χ1) is 8.56. The molecule has 1 fully saturated rings. The maximum atomic E-state index is 11.3. The molecular formula is C13H16O5. The monoisotopic (exact) mass is 252 g/mol. The molecule has 5 nitrogen and oxygen atoms in total. The van der Waals surface area contributed by atoms with Crippen LogP contribution < -0.4 is 0 Å². The van der Waals surface area contributed by atoms with Crippen LogP contribution in [0.3, 0.4) is 0 Å².